The predicted molar refractivity (Wildman–Crippen MR) is 356 cm³/mol. The van der Waals surface area contributed by atoms with Crippen LogP contribution in [0.25, 0.3) is 0 Å². The van der Waals surface area contributed by atoms with Gasteiger partial charge in [-0.2, -0.15) is 0 Å². The van der Waals surface area contributed by atoms with Gasteiger partial charge in [-0.1, -0.05) is 370 Å². The maximum Gasteiger partial charge on any atom is 0.0665 e. The minimum Gasteiger partial charge on any atom is -0.255 e. The van der Waals surface area contributed by atoms with Crippen LogP contribution in [0.4, 0.5) is 11.4 Å². The van der Waals surface area contributed by atoms with Crippen molar-refractivity contribution in [3.05, 3.63) is 84.0 Å². The smallest absolute Gasteiger partial charge is 0.0665 e. The maximum absolute atomic E-state index is 5.26. The van der Waals surface area contributed by atoms with Crippen LogP contribution in [0.15, 0.2) is 82.8 Å². The highest BCUT2D eigenvalue weighted by Gasteiger charge is 2.06. The van der Waals surface area contributed by atoms with E-state index in [1.54, 1.807) is 0 Å². The minimum atomic E-state index is 0.957. The van der Waals surface area contributed by atoms with Gasteiger partial charge in [-0.3, -0.25) is 9.98 Å². The second-order valence-electron chi connectivity index (χ2n) is 24.4. The Kier molecular flexibility index (Phi) is 53.9. The van der Waals surface area contributed by atoms with Crippen LogP contribution in [-0.4, -0.2) is 11.9 Å². The molecule has 0 aliphatic rings. The van der Waals surface area contributed by atoms with Crippen molar-refractivity contribution >= 4 is 23.3 Å². The van der Waals surface area contributed by atoms with Gasteiger partial charge in [-0.25, -0.2) is 0 Å². The van der Waals surface area contributed by atoms with E-state index >= 15 is 0 Å². The Labute approximate surface area is 488 Å². The summed E-state index contributed by atoms with van der Waals surface area (Å²) in [5, 5.41) is 0. The summed E-state index contributed by atoms with van der Waals surface area (Å²) in [7, 11) is 0. The molecule has 0 fully saturated rings. The topological polar surface area (TPSA) is 24.7 Å². The molecule has 2 aromatic carbocycles. The van der Waals surface area contributed by atoms with Crippen LogP contribution >= 0.6 is 0 Å². The van der Waals surface area contributed by atoms with Crippen LogP contribution in [0.5, 0.6) is 0 Å². The molecule has 78 heavy (non-hydrogen) atoms. The van der Waals surface area contributed by atoms with Crippen LogP contribution in [0.3, 0.4) is 0 Å². The van der Waals surface area contributed by atoms with Crippen molar-refractivity contribution in [1.29, 1.82) is 0 Å². The quantitative estimate of drug-likeness (QED) is 0.0358. The zero-order valence-corrected chi connectivity index (χ0v) is 52.8. The molecular formula is C76H132N2. The number of aryl methyl sites for hydroxylation is 2. The summed E-state index contributed by atoms with van der Waals surface area (Å²) in [6.07, 6.45) is 88.1. The average Bonchev–Trinajstić information content (AvgIpc) is 3.46. The molecule has 0 spiro atoms. The number of aliphatic imine (C=N–C) groups is 2. The van der Waals surface area contributed by atoms with Gasteiger partial charge in [-0.15, -0.1) is 0 Å². The number of allylic oxidation sites excluding steroid dienone is 4. The molecule has 446 valence electrons. The van der Waals surface area contributed by atoms with E-state index in [2.05, 4.69) is 99.8 Å². The molecule has 0 saturated heterocycles. The molecule has 2 heteroatoms. The highest BCUT2D eigenvalue weighted by Crippen LogP contribution is 2.25. The molecule has 0 atom stereocenters. The first-order valence-corrected chi connectivity index (χ1v) is 35.4. The van der Waals surface area contributed by atoms with Crippen molar-refractivity contribution in [3.8, 4) is 0 Å². The lowest BCUT2D eigenvalue weighted by Crippen LogP contribution is -2.00. The molecule has 0 N–H and O–H groups in total. The van der Waals surface area contributed by atoms with Gasteiger partial charge in [0.25, 0.3) is 0 Å². The summed E-state index contributed by atoms with van der Waals surface area (Å²) < 4.78 is 0. The summed E-state index contributed by atoms with van der Waals surface area (Å²) >= 11 is 0. The zero-order chi connectivity index (χ0) is 55.4. The van der Waals surface area contributed by atoms with Crippen LogP contribution in [0.1, 0.15) is 372 Å². The first-order chi connectivity index (χ1) is 38.8. The average molecular weight is 1070 g/mol. The van der Waals surface area contributed by atoms with Gasteiger partial charge in [-0.05, 0) is 87.5 Å². The van der Waals surface area contributed by atoms with Crippen LogP contribution in [0, 0.1) is 0 Å². The second kappa shape index (κ2) is 58.9. The number of rotatable bonds is 60. The third kappa shape index (κ3) is 47.0. The van der Waals surface area contributed by atoms with Crippen molar-refractivity contribution in [2.45, 2.75) is 374 Å². The Balaban J connectivity index is 1.50. The number of para-hydroxylation sites is 2. The van der Waals surface area contributed by atoms with Gasteiger partial charge < -0.3 is 0 Å². The van der Waals surface area contributed by atoms with Crippen molar-refractivity contribution in [2.24, 2.45) is 9.98 Å². The molecule has 0 aromatic heterocycles. The molecule has 0 saturated carbocycles. The molecule has 0 heterocycles. The van der Waals surface area contributed by atoms with Gasteiger partial charge >= 0.3 is 0 Å². The second-order valence-corrected chi connectivity index (χ2v) is 24.4. The molecule has 0 aliphatic heterocycles. The van der Waals surface area contributed by atoms with Gasteiger partial charge in [0.05, 0.1) is 17.1 Å². The fourth-order valence-corrected chi connectivity index (χ4v) is 11.5. The summed E-state index contributed by atoms with van der Waals surface area (Å²) in [6, 6.07) is 17.5. The first-order valence-electron chi connectivity index (χ1n) is 35.4. The lowest BCUT2D eigenvalue weighted by molar-refractivity contribution is 0.518. The normalized spacial score (nSPS) is 12.2. The highest BCUT2D eigenvalue weighted by molar-refractivity contribution is 6.31. The Morgan fingerprint density at radius 1 is 0.282 bits per heavy atom. The third-order valence-corrected chi connectivity index (χ3v) is 16.8. The summed E-state index contributed by atoms with van der Waals surface area (Å²) in [5.41, 5.74) is 5.95. The minimum absolute atomic E-state index is 0.957. The van der Waals surface area contributed by atoms with Crippen LogP contribution in [-0.2, 0) is 12.8 Å². The lowest BCUT2D eigenvalue weighted by atomic mass is 10.0. The van der Waals surface area contributed by atoms with Gasteiger partial charge in [0, 0.05) is 6.21 Å². The zero-order valence-electron chi connectivity index (χ0n) is 52.8. The molecule has 2 aromatic rings. The van der Waals surface area contributed by atoms with E-state index in [0.29, 0.717) is 0 Å². The molecule has 2 rings (SSSR count). The Morgan fingerprint density at radius 3 is 0.859 bits per heavy atom. The van der Waals surface area contributed by atoms with Crippen molar-refractivity contribution in [2.75, 3.05) is 0 Å². The summed E-state index contributed by atoms with van der Waals surface area (Å²) in [4.78, 5) is 10.3. The van der Waals surface area contributed by atoms with Gasteiger partial charge in [0.1, 0.15) is 0 Å². The molecule has 0 aliphatic carbocycles. The predicted octanol–water partition coefficient (Wildman–Crippen LogP) is 27.1. The van der Waals surface area contributed by atoms with E-state index in [1.165, 1.54) is 319 Å². The van der Waals surface area contributed by atoms with E-state index in [1.807, 2.05) is 0 Å². The molecule has 0 unspecified atom stereocenters. The van der Waals surface area contributed by atoms with E-state index in [4.69, 9.17) is 9.98 Å². The highest BCUT2D eigenvalue weighted by atomic mass is 14.8. The van der Waals surface area contributed by atoms with E-state index in [0.717, 1.165) is 62.0 Å². The summed E-state index contributed by atoms with van der Waals surface area (Å²) in [5.74, 6) is 0. The fourth-order valence-electron chi connectivity index (χ4n) is 11.5. The van der Waals surface area contributed by atoms with Crippen molar-refractivity contribution < 1.29 is 0 Å². The van der Waals surface area contributed by atoms with Gasteiger partial charge in [0.15, 0.2) is 0 Å². The number of hydrogen-bond donors (Lipinski definition) is 0. The molecular weight excluding hydrogens is 941 g/mol. The van der Waals surface area contributed by atoms with Crippen molar-refractivity contribution in [1.82, 2.24) is 0 Å². The third-order valence-electron chi connectivity index (χ3n) is 16.8. The Hall–Kier alpha value is -2.74. The lowest BCUT2D eigenvalue weighted by Gasteiger charge is -2.07. The van der Waals surface area contributed by atoms with E-state index in [9.17, 15) is 0 Å². The summed E-state index contributed by atoms with van der Waals surface area (Å²) in [6.45, 7) is 6.89. The number of hydrogen-bond acceptors (Lipinski definition) is 2. The fraction of sp³-hybridized carbons (Fsp3) is 0.763. The van der Waals surface area contributed by atoms with Crippen molar-refractivity contribution in [3.63, 3.8) is 0 Å². The number of benzene rings is 2. The monoisotopic (exact) mass is 1070 g/mol. The Morgan fingerprint density at radius 2 is 0.538 bits per heavy atom. The molecule has 0 amide bonds. The standard InChI is InChI=1S/C76H132N2/c1-4-7-10-12-14-16-18-20-22-24-26-28-30-32-34-36-38-40-42-44-46-48-50-52-54-56-58-64-72-66-60-62-69-75(72)77-71-74(68-9-6-3)78-76-70-63-61-67-73(76)65-59-57-55-53-51-49-47-45-43-41-39-37-35-33-31-29-27-25-23-21-19-17-15-13-11-8-5-2/h54-57,60-63,66-67,69-71H,4-53,58-59,64-65,68H2,1-3H3/b56-54+,57-55+,77-71?,78-74?. The number of nitrogens with zero attached hydrogens (tertiary/aromatic N) is 2. The number of unbranched alkanes of at least 4 members (excludes halogenated alkanes) is 47. The SMILES string of the molecule is CCCCCCCCCCCCCCCCCCCCCCCCC/C=C/CCc1ccccc1N=CC(CCCC)=Nc1ccccc1CC/C=C/CCCCCCCCCCCCCCCCCCCCCCCCC. The maximum atomic E-state index is 5.26. The van der Waals surface area contributed by atoms with E-state index < -0.39 is 0 Å². The van der Waals surface area contributed by atoms with Crippen LogP contribution < -0.4 is 0 Å². The van der Waals surface area contributed by atoms with Crippen LogP contribution in [0.2, 0.25) is 0 Å². The first kappa shape index (κ1) is 71.4. The molecule has 0 bridgehead atoms. The van der Waals surface area contributed by atoms with Gasteiger partial charge in [0.2, 0.25) is 0 Å². The van der Waals surface area contributed by atoms with E-state index in [-0.39, 0.29) is 0 Å². The molecule has 0 radical (unpaired) electrons. The molecule has 2 nitrogen and oxygen atoms in total. The largest absolute Gasteiger partial charge is 0.255 e. The Bertz CT molecular complexity index is 1650.